The number of aliphatic hydroxyl groups is 1. The van der Waals surface area contributed by atoms with Crippen molar-refractivity contribution in [3.8, 4) is 0 Å². The Morgan fingerprint density at radius 1 is 1.03 bits per heavy atom. The summed E-state index contributed by atoms with van der Waals surface area (Å²) >= 11 is 5.95. The van der Waals surface area contributed by atoms with Crippen molar-refractivity contribution in [2.45, 2.75) is 19.5 Å². The minimum Gasteiger partial charge on any atom is -0.507 e. The lowest BCUT2D eigenvalue weighted by atomic mass is 9.98. The maximum absolute atomic E-state index is 13.1. The van der Waals surface area contributed by atoms with Crippen molar-refractivity contribution in [3.63, 3.8) is 0 Å². The number of aliphatic hydroxyl groups excluding tert-OH is 1. The van der Waals surface area contributed by atoms with Crippen molar-refractivity contribution in [1.82, 2.24) is 9.88 Å². The third-order valence-corrected chi connectivity index (χ3v) is 5.70. The number of ether oxygens (including phenoxy) is 1. The number of Topliss-reactive ketones (excluding diaryl/α,β-unsaturated/α-hetero) is 1. The van der Waals surface area contributed by atoms with Gasteiger partial charge in [0.05, 0.1) is 23.4 Å². The molecule has 2 heterocycles. The number of benzene rings is 2. The molecule has 0 radical (unpaired) electrons. The molecule has 2 aromatic carbocycles. The molecule has 1 aliphatic heterocycles. The largest absolute Gasteiger partial charge is 0.507 e. The quantitative estimate of drug-likeness (QED) is 0.243. The number of halogens is 1. The van der Waals surface area contributed by atoms with Crippen molar-refractivity contribution < 1.29 is 24.2 Å². The highest BCUT2D eigenvalue weighted by molar-refractivity contribution is 6.46. The third-order valence-electron chi connectivity index (χ3n) is 5.44. The molecule has 1 fully saturated rings. The highest BCUT2D eigenvalue weighted by Crippen LogP contribution is 2.39. The summed E-state index contributed by atoms with van der Waals surface area (Å²) < 4.78 is 5.00. The van der Waals surface area contributed by atoms with Crippen molar-refractivity contribution in [1.29, 1.82) is 0 Å². The average molecular weight is 477 g/mol. The molecule has 0 bridgehead atoms. The number of pyridine rings is 1. The second kappa shape index (κ2) is 9.89. The van der Waals surface area contributed by atoms with E-state index in [0.29, 0.717) is 27.4 Å². The molecule has 1 saturated heterocycles. The van der Waals surface area contributed by atoms with Crippen LogP contribution in [0.3, 0.4) is 0 Å². The number of carbonyl (C=O) groups is 3. The number of rotatable bonds is 6. The number of hydrogen-bond donors (Lipinski definition) is 1. The number of esters is 1. The van der Waals surface area contributed by atoms with Crippen LogP contribution in [0.4, 0.5) is 0 Å². The Kier molecular flexibility index (Phi) is 6.75. The lowest BCUT2D eigenvalue weighted by Gasteiger charge is -2.24. The van der Waals surface area contributed by atoms with E-state index in [1.807, 2.05) is 0 Å². The van der Waals surface area contributed by atoms with Gasteiger partial charge in [-0.25, -0.2) is 4.79 Å². The van der Waals surface area contributed by atoms with Crippen LogP contribution < -0.4 is 0 Å². The van der Waals surface area contributed by atoms with Gasteiger partial charge in [-0.3, -0.25) is 14.6 Å². The van der Waals surface area contributed by atoms with Crippen LogP contribution in [-0.4, -0.2) is 39.3 Å². The Bertz CT molecular complexity index is 1250. The van der Waals surface area contributed by atoms with Gasteiger partial charge >= 0.3 is 5.97 Å². The molecule has 1 amide bonds. The van der Waals surface area contributed by atoms with Gasteiger partial charge in [0.1, 0.15) is 11.8 Å². The van der Waals surface area contributed by atoms with E-state index in [4.69, 9.17) is 16.3 Å². The van der Waals surface area contributed by atoms with Gasteiger partial charge in [-0.05, 0) is 61.0 Å². The molecule has 172 valence electrons. The fourth-order valence-electron chi connectivity index (χ4n) is 3.81. The molecular formula is C26H21ClN2O5. The molecular weight excluding hydrogens is 456 g/mol. The predicted molar refractivity (Wildman–Crippen MR) is 126 cm³/mol. The number of amides is 1. The lowest BCUT2D eigenvalue weighted by molar-refractivity contribution is -0.140. The van der Waals surface area contributed by atoms with Crippen LogP contribution in [0.25, 0.3) is 5.76 Å². The smallest absolute Gasteiger partial charge is 0.338 e. The van der Waals surface area contributed by atoms with Gasteiger partial charge in [0.15, 0.2) is 0 Å². The Balaban J connectivity index is 1.74. The zero-order valence-electron chi connectivity index (χ0n) is 18.3. The molecule has 4 rings (SSSR count). The molecule has 1 atom stereocenters. The molecule has 1 unspecified atom stereocenters. The van der Waals surface area contributed by atoms with E-state index >= 15 is 0 Å². The second-order valence-corrected chi connectivity index (χ2v) is 8.04. The van der Waals surface area contributed by atoms with Crippen LogP contribution in [-0.2, 0) is 20.9 Å². The van der Waals surface area contributed by atoms with Gasteiger partial charge in [-0.15, -0.1) is 0 Å². The Morgan fingerprint density at radius 2 is 1.71 bits per heavy atom. The Morgan fingerprint density at radius 3 is 2.32 bits per heavy atom. The van der Waals surface area contributed by atoms with Crippen molar-refractivity contribution in [2.24, 2.45) is 0 Å². The van der Waals surface area contributed by atoms with E-state index in [9.17, 15) is 19.5 Å². The topological polar surface area (TPSA) is 96.8 Å². The van der Waals surface area contributed by atoms with Crippen molar-refractivity contribution in [3.05, 3.63) is 106 Å². The first kappa shape index (κ1) is 23.2. The summed E-state index contributed by atoms with van der Waals surface area (Å²) in [6, 6.07) is 17.2. The van der Waals surface area contributed by atoms with E-state index < -0.39 is 23.7 Å². The summed E-state index contributed by atoms with van der Waals surface area (Å²) in [6.07, 6.45) is 1.56. The number of likely N-dealkylation sites (tertiary alicyclic amines) is 1. The zero-order valence-corrected chi connectivity index (χ0v) is 19.0. The number of nitrogens with zero attached hydrogens (tertiary/aromatic N) is 2. The number of carbonyl (C=O) groups excluding carboxylic acids is 3. The number of hydrogen-bond acceptors (Lipinski definition) is 6. The van der Waals surface area contributed by atoms with Gasteiger partial charge in [0.25, 0.3) is 11.7 Å². The molecule has 0 spiro atoms. The van der Waals surface area contributed by atoms with E-state index in [2.05, 4.69) is 4.98 Å². The normalized spacial score (nSPS) is 17.1. The summed E-state index contributed by atoms with van der Waals surface area (Å²) in [5, 5.41) is 11.5. The summed E-state index contributed by atoms with van der Waals surface area (Å²) in [5.74, 6) is -2.29. The predicted octanol–water partition coefficient (Wildman–Crippen LogP) is 4.53. The molecule has 1 aliphatic rings. The van der Waals surface area contributed by atoms with Crippen molar-refractivity contribution in [2.75, 3.05) is 6.61 Å². The Labute approximate surface area is 201 Å². The molecule has 0 aliphatic carbocycles. The fraction of sp³-hybridized carbons (Fsp3) is 0.154. The minimum absolute atomic E-state index is 0.0471. The van der Waals surface area contributed by atoms with Crippen LogP contribution in [0, 0.1) is 0 Å². The molecule has 7 nitrogen and oxygen atoms in total. The first-order chi connectivity index (χ1) is 16.4. The monoisotopic (exact) mass is 476 g/mol. The van der Waals surface area contributed by atoms with Crippen LogP contribution in [0.15, 0.2) is 78.5 Å². The zero-order chi connectivity index (χ0) is 24.2. The number of ketones is 1. The molecule has 1 aromatic heterocycles. The Hall–Kier alpha value is -3.97. The average Bonchev–Trinajstić information content (AvgIpc) is 3.10. The molecule has 3 aromatic rings. The van der Waals surface area contributed by atoms with E-state index in [1.165, 1.54) is 4.90 Å². The van der Waals surface area contributed by atoms with Gasteiger partial charge in [-0.2, -0.15) is 0 Å². The summed E-state index contributed by atoms with van der Waals surface area (Å²) in [4.78, 5) is 43.8. The minimum atomic E-state index is -0.887. The first-order valence-corrected chi connectivity index (χ1v) is 11.0. The fourth-order valence-corrected chi connectivity index (χ4v) is 3.93. The maximum atomic E-state index is 13.1. The number of aromatic nitrogens is 1. The van der Waals surface area contributed by atoms with Crippen LogP contribution in [0.2, 0.25) is 5.02 Å². The maximum Gasteiger partial charge on any atom is 0.338 e. The van der Waals surface area contributed by atoms with Crippen LogP contribution in [0.1, 0.15) is 40.1 Å². The van der Waals surface area contributed by atoms with E-state index in [1.54, 1.807) is 79.9 Å². The van der Waals surface area contributed by atoms with E-state index in [0.717, 1.165) is 0 Å². The van der Waals surface area contributed by atoms with Gasteiger partial charge in [0.2, 0.25) is 0 Å². The second-order valence-electron chi connectivity index (χ2n) is 7.61. The van der Waals surface area contributed by atoms with E-state index in [-0.39, 0.29) is 24.5 Å². The standard InChI is InChI=1S/C26H21ClN2O5/c1-2-34-26(33)18-8-6-16(7-9-18)15-29-22(20-5-3-4-14-28-20)21(24(31)25(29)32)23(30)17-10-12-19(27)13-11-17/h3-14,22,30H,2,15H2,1H3/b23-21+. The lowest BCUT2D eigenvalue weighted by Crippen LogP contribution is -2.29. The van der Waals surface area contributed by atoms with Gasteiger partial charge < -0.3 is 14.7 Å². The SMILES string of the molecule is CCOC(=O)c1ccc(CN2C(=O)C(=O)/C(=C(/O)c3ccc(Cl)cc3)C2c2ccccn2)cc1. The van der Waals surface area contributed by atoms with Gasteiger partial charge in [0, 0.05) is 23.3 Å². The molecule has 34 heavy (non-hydrogen) atoms. The van der Waals surface area contributed by atoms with Crippen LogP contribution >= 0.6 is 11.6 Å². The highest BCUT2D eigenvalue weighted by Gasteiger charge is 2.46. The summed E-state index contributed by atoms with van der Waals surface area (Å²) in [6.45, 7) is 2.07. The third kappa shape index (κ3) is 4.56. The summed E-state index contributed by atoms with van der Waals surface area (Å²) in [7, 11) is 0. The summed E-state index contributed by atoms with van der Waals surface area (Å²) in [5.41, 5.74) is 1.84. The van der Waals surface area contributed by atoms with Gasteiger partial charge in [-0.1, -0.05) is 29.8 Å². The highest BCUT2D eigenvalue weighted by atomic mass is 35.5. The first-order valence-electron chi connectivity index (χ1n) is 10.6. The molecule has 1 N–H and O–H groups in total. The molecule has 0 saturated carbocycles. The van der Waals surface area contributed by atoms with Crippen molar-refractivity contribution >= 4 is 35.0 Å². The van der Waals surface area contributed by atoms with Crippen LogP contribution in [0.5, 0.6) is 0 Å². The molecule has 8 heteroatoms.